The predicted molar refractivity (Wildman–Crippen MR) is 69.2 cm³/mol. The molecule has 0 aliphatic heterocycles. The quantitative estimate of drug-likeness (QED) is 0.928. The van der Waals surface area contributed by atoms with Gasteiger partial charge in [0, 0.05) is 12.6 Å². The molecule has 2 rings (SSSR count). The third-order valence-corrected chi connectivity index (χ3v) is 4.19. The lowest BCUT2D eigenvalue weighted by Gasteiger charge is -2.23. The Labute approximate surface area is 108 Å². The van der Waals surface area contributed by atoms with Crippen molar-refractivity contribution in [3.8, 4) is 0 Å². The smallest absolute Gasteiger partial charge is 0.239 e. The number of hydrogen-bond acceptors (Lipinski definition) is 3. The highest BCUT2D eigenvalue weighted by Gasteiger charge is 2.33. The van der Waals surface area contributed by atoms with Gasteiger partial charge in [0.15, 0.2) is 0 Å². The van der Waals surface area contributed by atoms with E-state index in [4.69, 9.17) is 5.73 Å². The third-order valence-electron chi connectivity index (χ3n) is 2.63. The minimum Gasteiger partial charge on any atom is -0.334 e. The Hall–Kier alpha value is -0.390. The number of hydrogen-bond donors (Lipinski definition) is 1. The van der Waals surface area contributed by atoms with Gasteiger partial charge in [-0.2, -0.15) is 0 Å². The Kier molecular flexibility index (Phi) is 3.66. The molecule has 1 saturated carbocycles. The minimum atomic E-state index is -0.400. The van der Waals surface area contributed by atoms with Gasteiger partial charge in [-0.3, -0.25) is 4.79 Å². The molecule has 1 aliphatic rings. The molecule has 16 heavy (non-hydrogen) atoms. The summed E-state index contributed by atoms with van der Waals surface area (Å²) in [6.45, 7) is 2.44. The van der Waals surface area contributed by atoms with Crippen LogP contribution in [0.3, 0.4) is 0 Å². The summed E-state index contributed by atoms with van der Waals surface area (Å²) in [7, 11) is 0. The molecule has 0 radical (unpaired) electrons. The van der Waals surface area contributed by atoms with E-state index >= 15 is 0 Å². The highest BCUT2D eigenvalue weighted by Crippen LogP contribution is 2.30. The second kappa shape index (κ2) is 4.85. The maximum atomic E-state index is 11.9. The molecular weight excluding hydrogens is 288 g/mol. The lowest BCUT2D eigenvalue weighted by atomic mass is 10.2. The summed E-state index contributed by atoms with van der Waals surface area (Å²) in [5.74, 6) is 0.0600. The van der Waals surface area contributed by atoms with Gasteiger partial charge in [-0.05, 0) is 52.7 Å². The highest BCUT2D eigenvalue weighted by molar-refractivity contribution is 9.11. The molecule has 2 N–H and O–H groups in total. The maximum Gasteiger partial charge on any atom is 0.239 e. The van der Waals surface area contributed by atoms with Gasteiger partial charge < -0.3 is 10.6 Å². The maximum absolute atomic E-state index is 11.9. The first-order valence-corrected chi connectivity index (χ1v) is 7.04. The van der Waals surface area contributed by atoms with E-state index in [1.807, 2.05) is 4.90 Å². The Balaban J connectivity index is 2.06. The molecule has 88 valence electrons. The fourth-order valence-electron chi connectivity index (χ4n) is 1.66. The molecule has 0 bridgehead atoms. The number of nitrogens with two attached hydrogens (primary N) is 1. The van der Waals surface area contributed by atoms with Crippen LogP contribution in [0.5, 0.6) is 0 Å². The topological polar surface area (TPSA) is 46.3 Å². The molecule has 0 aromatic carbocycles. The van der Waals surface area contributed by atoms with Crippen LogP contribution in [0.15, 0.2) is 15.2 Å². The Bertz CT molecular complexity index is 387. The lowest BCUT2D eigenvalue weighted by Crippen LogP contribution is -2.42. The normalized spacial score (nSPS) is 17.2. The van der Waals surface area contributed by atoms with Gasteiger partial charge in [0.2, 0.25) is 5.91 Å². The lowest BCUT2D eigenvalue weighted by molar-refractivity contribution is -0.133. The monoisotopic (exact) mass is 302 g/mol. The number of carbonyl (C=O) groups is 1. The van der Waals surface area contributed by atoms with Crippen molar-refractivity contribution < 1.29 is 4.79 Å². The van der Waals surface area contributed by atoms with Gasteiger partial charge in [0.1, 0.15) is 0 Å². The molecule has 1 unspecified atom stereocenters. The van der Waals surface area contributed by atoms with Gasteiger partial charge in [-0.25, -0.2) is 0 Å². The van der Waals surface area contributed by atoms with E-state index < -0.39 is 6.04 Å². The van der Waals surface area contributed by atoms with E-state index in [0.29, 0.717) is 12.6 Å². The second-order valence-electron chi connectivity index (χ2n) is 4.25. The summed E-state index contributed by atoms with van der Waals surface area (Å²) >= 11 is 5.08. The zero-order chi connectivity index (χ0) is 11.7. The molecule has 1 fully saturated rings. The van der Waals surface area contributed by atoms with Crippen LogP contribution in [-0.2, 0) is 11.3 Å². The predicted octanol–water partition coefficient (Wildman–Crippen LogP) is 2.35. The molecule has 0 spiro atoms. The Morgan fingerprint density at radius 3 is 2.88 bits per heavy atom. The van der Waals surface area contributed by atoms with Gasteiger partial charge in [-0.1, -0.05) is 0 Å². The van der Waals surface area contributed by atoms with Gasteiger partial charge in [-0.15, -0.1) is 11.3 Å². The fraction of sp³-hybridized carbons (Fsp3) is 0.545. The first kappa shape index (κ1) is 12.1. The molecular formula is C11H15BrN2OS. The van der Waals surface area contributed by atoms with Crippen LogP contribution in [0.1, 0.15) is 25.3 Å². The van der Waals surface area contributed by atoms with E-state index in [9.17, 15) is 4.79 Å². The van der Waals surface area contributed by atoms with Crippen LogP contribution in [0.25, 0.3) is 0 Å². The minimum absolute atomic E-state index is 0.0600. The fourth-order valence-corrected chi connectivity index (χ4v) is 2.86. The summed E-state index contributed by atoms with van der Waals surface area (Å²) in [6.07, 6.45) is 2.23. The molecule has 1 atom stereocenters. The Morgan fingerprint density at radius 2 is 2.44 bits per heavy atom. The van der Waals surface area contributed by atoms with Gasteiger partial charge >= 0.3 is 0 Å². The van der Waals surface area contributed by atoms with Gasteiger partial charge in [0.05, 0.1) is 9.83 Å². The van der Waals surface area contributed by atoms with Gasteiger partial charge in [0.25, 0.3) is 0 Å². The molecule has 1 amide bonds. The van der Waals surface area contributed by atoms with Crippen molar-refractivity contribution in [1.82, 2.24) is 4.90 Å². The SMILES string of the molecule is CC(N)C(=O)N(Cc1csc(Br)c1)C1CC1. The van der Waals surface area contributed by atoms with Crippen molar-refractivity contribution in [2.75, 3.05) is 0 Å². The van der Waals surface area contributed by atoms with E-state index in [2.05, 4.69) is 27.4 Å². The second-order valence-corrected chi connectivity index (χ2v) is 6.54. The summed E-state index contributed by atoms with van der Waals surface area (Å²) in [4.78, 5) is 13.8. The molecule has 1 aromatic rings. The first-order valence-electron chi connectivity index (χ1n) is 5.37. The molecule has 1 aliphatic carbocycles. The van der Waals surface area contributed by atoms with E-state index in [1.165, 1.54) is 5.56 Å². The molecule has 3 nitrogen and oxygen atoms in total. The summed E-state index contributed by atoms with van der Waals surface area (Å²) < 4.78 is 1.10. The summed E-state index contributed by atoms with van der Waals surface area (Å²) in [5.41, 5.74) is 6.84. The highest BCUT2D eigenvalue weighted by atomic mass is 79.9. The van der Waals surface area contributed by atoms with Crippen molar-refractivity contribution >= 4 is 33.2 Å². The average Bonchev–Trinajstić information content (AvgIpc) is 2.98. The first-order chi connectivity index (χ1) is 7.58. The zero-order valence-electron chi connectivity index (χ0n) is 9.15. The number of nitrogens with zero attached hydrogens (tertiary/aromatic N) is 1. The number of rotatable bonds is 4. The van der Waals surface area contributed by atoms with Crippen LogP contribution in [0, 0.1) is 0 Å². The van der Waals surface area contributed by atoms with Crippen molar-refractivity contribution in [1.29, 1.82) is 0 Å². The molecule has 0 saturated heterocycles. The number of halogens is 1. The van der Waals surface area contributed by atoms with Crippen molar-refractivity contribution in [2.24, 2.45) is 5.73 Å². The molecule has 1 heterocycles. The summed E-state index contributed by atoms with van der Waals surface area (Å²) in [5, 5.41) is 2.08. The van der Waals surface area contributed by atoms with Crippen LogP contribution < -0.4 is 5.73 Å². The average molecular weight is 303 g/mol. The van der Waals surface area contributed by atoms with Crippen LogP contribution in [0.4, 0.5) is 0 Å². The number of thiophene rings is 1. The third kappa shape index (κ3) is 2.84. The van der Waals surface area contributed by atoms with Crippen molar-refractivity contribution in [2.45, 2.75) is 38.4 Å². The Morgan fingerprint density at radius 1 is 1.75 bits per heavy atom. The largest absolute Gasteiger partial charge is 0.334 e. The van der Waals surface area contributed by atoms with Crippen molar-refractivity contribution in [3.05, 3.63) is 20.8 Å². The van der Waals surface area contributed by atoms with E-state index in [-0.39, 0.29) is 5.91 Å². The number of carbonyl (C=O) groups excluding carboxylic acids is 1. The van der Waals surface area contributed by atoms with Crippen LogP contribution >= 0.6 is 27.3 Å². The van der Waals surface area contributed by atoms with Crippen LogP contribution in [-0.4, -0.2) is 22.9 Å². The molecule has 5 heteroatoms. The molecule has 1 aromatic heterocycles. The van der Waals surface area contributed by atoms with Crippen LogP contribution in [0.2, 0.25) is 0 Å². The number of amides is 1. The zero-order valence-corrected chi connectivity index (χ0v) is 11.6. The standard InChI is InChI=1S/C11H15BrN2OS/c1-7(13)11(15)14(9-2-3-9)5-8-4-10(12)16-6-8/h4,6-7,9H,2-3,5,13H2,1H3. The summed E-state index contributed by atoms with van der Waals surface area (Å²) in [6, 6.07) is 2.08. The van der Waals surface area contributed by atoms with E-state index in [0.717, 1.165) is 16.6 Å². The van der Waals surface area contributed by atoms with Crippen molar-refractivity contribution in [3.63, 3.8) is 0 Å². The van der Waals surface area contributed by atoms with E-state index in [1.54, 1.807) is 18.3 Å².